The minimum atomic E-state index is -0.545. The zero-order valence-electron chi connectivity index (χ0n) is 17.4. The van der Waals surface area contributed by atoms with Crippen LogP contribution in [0.4, 0.5) is 0 Å². The highest BCUT2D eigenvalue weighted by atomic mass is 16.5. The number of rotatable bonds is 7. The lowest BCUT2D eigenvalue weighted by atomic mass is 10.1. The number of hydrogen-bond donors (Lipinski definition) is 0. The monoisotopic (exact) mass is 414 g/mol. The Kier molecular flexibility index (Phi) is 5.75. The molecule has 0 aliphatic heterocycles. The van der Waals surface area contributed by atoms with E-state index >= 15 is 0 Å². The SMILES string of the molecule is Cc1cc(C(=O)COC(=O)c2ccc(-n3cncn3)cc2)c(C)n1Cc1ccccc1. The third-order valence-corrected chi connectivity index (χ3v) is 5.18. The van der Waals surface area contributed by atoms with Gasteiger partial charge >= 0.3 is 5.97 Å². The van der Waals surface area contributed by atoms with Gasteiger partial charge in [0.1, 0.15) is 12.7 Å². The van der Waals surface area contributed by atoms with E-state index in [1.54, 1.807) is 35.3 Å². The van der Waals surface area contributed by atoms with Gasteiger partial charge in [0.2, 0.25) is 5.78 Å². The number of esters is 1. The first-order valence-corrected chi connectivity index (χ1v) is 9.89. The number of aromatic nitrogens is 4. The second-order valence-electron chi connectivity index (χ2n) is 7.24. The van der Waals surface area contributed by atoms with Gasteiger partial charge in [-0.05, 0) is 49.7 Å². The van der Waals surface area contributed by atoms with E-state index in [1.807, 2.05) is 38.1 Å². The highest BCUT2D eigenvalue weighted by Gasteiger charge is 2.18. The molecule has 0 aliphatic rings. The molecule has 0 N–H and O–H groups in total. The number of aryl methyl sites for hydroxylation is 1. The van der Waals surface area contributed by atoms with Gasteiger partial charge in [-0.1, -0.05) is 30.3 Å². The predicted octanol–water partition coefficient (Wildman–Crippen LogP) is 3.77. The van der Waals surface area contributed by atoms with Crippen molar-refractivity contribution in [2.45, 2.75) is 20.4 Å². The van der Waals surface area contributed by atoms with Crippen LogP contribution in [-0.4, -0.2) is 37.7 Å². The van der Waals surface area contributed by atoms with Crippen LogP contribution in [0.2, 0.25) is 0 Å². The molecule has 0 radical (unpaired) electrons. The molecular formula is C24H22N4O3. The first-order chi connectivity index (χ1) is 15.0. The maximum absolute atomic E-state index is 12.7. The molecule has 0 aliphatic carbocycles. The van der Waals surface area contributed by atoms with Gasteiger partial charge in [0.05, 0.1) is 11.3 Å². The summed E-state index contributed by atoms with van der Waals surface area (Å²) in [7, 11) is 0. The molecule has 4 rings (SSSR count). The molecule has 0 saturated heterocycles. The Morgan fingerprint density at radius 1 is 1.00 bits per heavy atom. The lowest BCUT2D eigenvalue weighted by molar-refractivity contribution is 0.0474. The topological polar surface area (TPSA) is 79.0 Å². The molecule has 156 valence electrons. The second-order valence-corrected chi connectivity index (χ2v) is 7.24. The molecule has 2 aromatic heterocycles. The van der Waals surface area contributed by atoms with Crippen LogP contribution in [-0.2, 0) is 11.3 Å². The number of hydrogen-bond acceptors (Lipinski definition) is 5. The minimum Gasteiger partial charge on any atom is -0.454 e. The lowest BCUT2D eigenvalue weighted by Gasteiger charge is -2.10. The van der Waals surface area contributed by atoms with Gasteiger partial charge in [0.25, 0.3) is 0 Å². The number of nitrogens with zero attached hydrogens (tertiary/aromatic N) is 4. The summed E-state index contributed by atoms with van der Waals surface area (Å²) in [6.45, 7) is 4.26. The van der Waals surface area contributed by atoms with E-state index in [0.29, 0.717) is 17.7 Å². The van der Waals surface area contributed by atoms with Crippen LogP contribution in [0.5, 0.6) is 0 Å². The summed E-state index contributed by atoms with van der Waals surface area (Å²) in [5, 5.41) is 4.04. The van der Waals surface area contributed by atoms with Crippen molar-refractivity contribution in [2.24, 2.45) is 0 Å². The maximum atomic E-state index is 12.7. The Morgan fingerprint density at radius 3 is 2.42 bits per heavy atom. The third kappa shape index (κ3) is 4.45. The van der Waals surface area contributed by atoms with Gasteiger partial charge in [-0.25, -0.2) is 14.5 Å². The number of ether oxygens (including phenoxy) is 1. The molecule has 31 heavy (non-hydrogen) atoms. The van der Waals surface area contributed by atoms with Gasteiger partial charge in [0, 0.05) is 23.5 Å². The average molecular weight is 414 g/mol. The molecule has 4 aromatic rings. The summed E-state index contributed by atoms with van der Waals surface area (Å²) < 4.78 is 8.94. The molecule has 0 unspecified atom stereocenters. The fourth-order valence-electron chi connectivity index (χ4n) is 3.48. The fourth-order valence-corrected chi connectivity index (χ4v) is 3.48. The van der Waals surface area contributed by atoms with Gasteiger partial charge in [-0.2, -0.15) is 5.10 Å². The van der Waals surface area contributed by atoms with Crippen LogP contribution in [0.1, 0.15) is 37.7 Å². The molecule has 0 saturated carbocycles. The lowest BCUT2D eigenvalue weighted by Crippen LogP contribution is -2.15. The number of benzene rings is 2. The van der Waals surface area contributed by atoms with Crippen molar-refractivity contribution in [2.75, 3.05) is 6.61 Å². The van der Waals surface area contributed by atoms with Crippen LogP contribution >= 0.6 is 0 Å². The van der Waals surface area contributed by atoms with Gasteiger partial charge < -0.3 is 9.30 Å². The van der Waals surface area contributed by atoms with Crippen molar-refractivity contribution in [3.05, 3.63) is 101 Å². The molecule has 7 nitrogen and oxygen atoms in total. The van der Waals surface area contributed by atoms with Crippen LogP contribution in [0.15, 0.2) is 73.3 Å². The van der Waals surface area contributed by atoms with Crippen molar-refractivity contribution in [3.63, 3.8) is 0 Å². The summed E-state index contributed by atoms with van der Waals surface area (Å²) >= 11 is 0. The standard InChI is InChI=1S/C24H22N4O3/c1-17-12-22(18(2)27(17)13-19-6-4-3-5-7-19)23(29)14-31-24(30)20-8-10-21(11-9-20)28-16-25-15-26-28/h3-12,15-16H,13-14H2,1-2H3. The second kappa shape index (κ2) is 8.79. The summed E-state index contributed by atoms with van der Waals surface area (Å²) in [6.07, 6.45) is 3.00. The Labute approximate surface area is 179 Å². The third-order valence-electron chi connectivity index (χ3n) is 5.18. The smallest absolute Gasteiger partial charge is 0.338 e. The van der Waals surface area contributed by atoms with Crippen molar-refractivity contribution >= 4 is 11.8 Å². The molecular weight excluding hydrogens is 392 g/mol. The fraction of sp³-hybridized carbons (Fsp3) is 0.167. The first-order valence-electron chi connectivity index (χ1n) is 9.89. The van der Waals surface area contributed by atoms with Crippen LogP contribution in [0, 0.1) is 13.8 Å². The zero-order valence-corrected chi connectivity index (χ0v) is 17.4. The summed E-state index contributed by atoms with van der Waals surface area (Å²) in [5.74, 6) is -0.767. The molecule has 7 heteroatoms. The van der Waals surface area contributed by atoms with Crippen molar-refractivity contribution in [3.8, 4) is 5.69 Å². The summed E-state index contributed by atoms with van der Waals surface area (Å²) in [6, 6.07) is 18.7. The highest BCUT2D eigenvalue weighted by molar-refractivity contribution is 6.00. The quantitative estimate of drug-likeness (QED) is 0.340. The average Bonchev–Trinajstić information content (AvgIpc) is 3.43. The highest BCUT2D eigenvalue weighted by Crippen LogP contribution is 2.18. The van der Waals surface area contributed by atoms with Crippen molar-refractivity contribution in [1.82, 2.24) is 19.3 Å². The molecule has 0 spiro atoms. The van der Waals surface area contributed by atoms with E-state index in [9.17, 15) is 9.59 Å². The van der Waals surface area contributed by atoms with Gasteiger partial charge in [-0.15, -0.1) is 0 Å². The Balaban J connectivity index is 1.40. The first kappa shape index (κ1) is 20.3. The normalized spacial score (nSPS) is 10.8. The van der Waals surface area contributed by atoms with Crippen molar-refractivity contribution < 1.29 is 14.3 Å². The molecule has 0 amide bonds. The Morgan fingerprint density at radius 2 is 1.74 bits per heavy atom. The van der Waals surface area contributed by atoms with E-state index in [2.05, 4.69) is 26.8 Å². The largest absolute Gasteiger partial charge is 0.454 e. The van der Waals surface area contributed by atoms with Gasteiger partial charge in [0.15, 0.2) is 6.61 Å². The number of carbonyl (C=O) groups excluding carboxylic acids is 2. The zero-order chi connectivity index (χ0) is 21.8. The molecule has 2 aromatic carbocycles. The van der Waals surface area contributed by atoms with E-state index in [1.165, 1.54) is 6.33 Å². The van der Waals surface area contributed by atoms with E-state index in [-0.39, 0.29) is 12.4 Å². The number of carbonyl (C=O) groups is 2. The van der Waals surface area contributed by atoms with E-state index < -0.39 is 5.97 Å². The summed E-state index contributed by atoms with van der Waals surface area (Å²) in [4.78, 5) is 29.0. The Hall–Kier alpha value is -4.00. The molecule has 0 fully saturated rings. The number of Topliss-reactive ketones (excluding diaryl/α,β-unsaturated/α-hetero) is 1. The van der Waals surface area contributed by atoms with E-state index in [4.69, 9.17) is 4.74 Å². The summed E-state index contributed by atoms with van der Waals surface area (Å²) in [5.41, 5.74) is 4.72. The molecule has 0 atom stereocenters. The minimum absolute atomic E-state index is 0.222. The van der Waals surface area contributed by atoms with Gasteiger partial charge in [-0.3, -0.25) is 4.79 Å². The molecule has 0 bridgehead atoms. The molecule has 2 heterocycles. The van der Waals surface area contributed by atoms with Crippen molar-refractivity contribution in [1.29, 1.82) is 0 Å². The number of ketones is 1. The van der Waals surface area contributed by atoms with Crippen LogP contribution in [0.3, 0.4) is 0 Å². The predicted molar refractivity (Wildman–Crippen MR) is 115 cm³/mol. The Bertz CT molecular complexity index is 1190. The van der Waals surface area contributed by atoms with Crippen LogP contribution in [0.25, 0.3) is 5.69 Å². The van der Waals surface area contributed by atoms with Crippen LogP contribution < -0.4 is 0 Å². The van der Waals surface area contributed by atoms with E-state index in [0.717, 1.165) is 22.6 Å². The maximum Gasteiger partial charge on any atom is 0.338 e.